The Morgan fingerprint density at radius 1 is 1.57 bits per heavy atom. The van der Waals surface area contributed by atoms with E-state index < -0.39 is 10.0 Å². The molecule has 2 heterocycles. The van der Waals surface area contributed by atoms with Crippen molar-refractivity contribution in [2.75, 3.05) is 19.3 Å². The molecular formula is C14H24N4O2S. The SMILES string of the molecule is Cc1ccncc1C(CC1CCCN(S(C)(=O)=O)C1)NN. The average Bonchev–Trinajstić information content (AvgIpc) is 2.45. The molecule has 2 rings (SSSR count). The van der Waals surface area contributed by atoms with Gasteiger partial charge in [0.25, 0.3) is 0 Å². The fourth-order valence-electron chi connectivity index (χ4n) is 2.98. The van der Waals surface area contributed by atoms with Crippen LogP contribution in [0.2, 0.25) is 0 Å². The lowest BCUT2D eigenvalue weighted by Crippen LogP contribution is -2.41. The van der Waals surface area contributed by atoms with E-state index in [1.54, 1.807) is 10.5 Å². The van der Waals surface area contributed by atoms with E-state index in [2.05, 4.69) is 10.4 Å². The molecule has 1 aromatic heterocycles. The molecule has 6 nitrogen and oxygen atoms in total. The normalized spacial score (nSPS) is 22.1. The predicted octanol–water partition coefficient (Wildman–Crippen LogP) is 0.956. The van der Waals surface area contributed by atoms with E-state index in [1.807, 2.05) is 19.2 Å². The fraction of sp³-hybridized carbons (Fsp3) is 0.643. The summed E-state index contributed by atoms with van der Waals surface area (Å²) in [5.74, 6) is 6.02. The van der Waals surface area contributed by atoms with Gasteiger partial charge >= 0.3 is 0 Å². The fourth-order valence-corrected chi connectivity index (χ4v) is 3.92. The van der Waals surface area contributed by atoms with Gasteiger partial charge in [-0.15, -0.1) is 0 Å². The zero-order valence-corrected chi connectivity index (χ0v) is 13.4. The van der Waals surface area contributed by atoms with Gasteiger partial charge in [-0.25, -0.2) is 12.7 Å². The van der Waals surface area contributed by atoms with Crippen molar-refractivity contribution in [3.63, 3.8) is 0 Å². The molecule has 7 heteroatoms. The zero-order valence-electron chi connectivity index (χ0n) is 12.6. The summed E-state index contributed by atoms with van der Waals surface area (Å²) in [6.45, 7) is 3.24. The number of hydrogen-bond donors (Lipinski definition) is 2. The highest BCUT2D eigenvalue weighted by molar-refractivity contribution is 7.88. The third-order valence-electron chi connectivity index (χ3n) is 4.18. The van der Waals surface area contributed by atoms with Gasteiger partial charge in [-0.1, -0.05) is 0 Å². The van der Waals surface area contributed by atoms with E-state index in [9.17, 15) is 8.42 Å². The Morgan fingerprint density at radius 3 is 2.95 bits per heavy atom. The Balaban J connectivity index is 2.07. The van der Waals surface area contributed by atoms with Crippen molar-refractivity contribution in [2.24, 2.45) is 11.8 Å². The maximum Gasteiger partial charge on any atom is 0.211 e. The van der Waals surface area contributed by atoms with E-state index >= 15 is 0 Å². The summed E-state index contributed by atoms with van der Waals surface area (Å²) in [6, 6.07) is 1.96. The highest BCUT2D eigenvalue weighted by Crippen LogP contribution is 2.29. The first-order valence-corrected chi connectivity index (χ1v) is 9.08. The molecule has 1 aromatic rings. The van der Waals surface area contributed by atoms with Gasteiger partial charge in [-0.3, -0.25) is 16.3 Å². The summed E-state index contributed by atoms with van der Waals surface area (Å²) in [5, 5.41) is 0. The lowest BCUT2D eigenvalue weighted by Gasteiger charge is -2.33. The molecule has 3 N–H and O–H groups in total. The van der Waals surface area contributed by atoms with Crippen molar-refractivity contribution in [1.82, 2.24) is 14.7 Å². The summed E-state index contributed by atoms with van der Waals surface area (Å²) in [7, 11) is -3.10. The summed E-state index contributed by atoms with van der Waals surface area (Å²) >= 11 is 0. The second-order valence-electron chi connectivity index (χ2n) is 5.82. The monoisotopic (exact) mass is 312 g/mol. The summed E-state index contributed by atoms with van der Waals surface area (Å²) in [5.41, 5.74) is 5.07. The quantitative estimate of drug-likeness (QED) is 0.624. The number of hydrazine groups is 1. The molecule has 0 amide bonds. The topological polar surface area (TPSA) is 88.3 Å². The number of nitrogens with one attached hydrogen (secondary N) is 1. The number of pyridine rings is 1. The van der Waals surface area contributed by atoms with Gasteiger partial charge in [-0.05, 0) is 49.3 Å². The van der Waals surface area contributed by atoms with Crippen molar-refractivity contribution in [2.45, 2.75) is 32.2 Å². The maximum absolute atomic E-state index is 11.7. The minimum atomic E-state index is -3.10. The number of nitrogens with two attached hydrogens (primary N) is 1. The minimum Gasteiger partial charge on any atom is -0.271 e. The zero-order chi connectivity index (χ0) is 15.5. The van der Waals surface area contributed by atoms with Crippen LogP contribution in [0.4, 0.5) is 0 Å². The molecular weight excluding hydrogens is 288 g/mol. The van der Waals surface area contributed by atoms with Crippen LogP contribution >= 0.6 is 0 Å². The van der Waals surface area contributed by atoms with E-state index in [0.717, 1.165) is 30.4 Å². The highest BCUT2D eigenvalue weighted by Gasteiger charge is 2.28. The van der Waals surface area contributed by atoms with E-state index in [1.165, 1.54) is 6.26 Å². The number of aryl methyl sites for hydroxylation is 1. The number of rotatable bonds is 5. The van der Waals surface area contributed by atoms with Crippen LogP contribution in [0, 0.1) is 12.8 Å². The third kappa shape index (κ3) is 4.23. The molecule has 21 heavy (non-hydrogen) atoms. The lowest BCUT2D eigenvalue weighted by molar-refractivity contribution is 0.238. The molecule has 2 atom stereocenters. The number of sulfonamides is 1. The van der Waals surface area contributed by atoms with Gasteiger partial charge in [0.15, 0.2) is 0 Å². The van der Waals surface area contributed by atoms with Crippen molar-refractivity contribution < 1.29 is 8.42 Å². The van der Waals surface area contributed by atoms with Gasteiger partial charge in [0.05, 0.1) is 6.26 Å². The molecule has 0 aromatic carbocycles. The minimum absolute atomic E-state index is 0.00297. The van der Waals surface area contributed by atoms with Gasteiger partial charge in [0, 0.05) is 31.5 Å². The van der Waals surface area contributed by atoms with Crippen LogP contribution in [0.15, 0.2) is 18.5 Å². The molecule has 2 unspecified atom stereocenters. The van der Waals surface area contributed by atoms with Crippen LogP contribution in [0.25, 0.3) is 0 Å². The number of aromatic nitrogens is 1. The van der Waals surface area contributed by atoms with Crippen molar-refractivity contribution in [3.05, 3.63) is 29.6 Å². The number of hydrogen-bond acceptors (Lipinski definition) is 5. The first-order valence-electron chi connectivity index (χ1n) is 7.23. The van der Waals surface area contributed by atoms with Gasteiger partial charge in [0.1, 0.15) is 0 Å². The molecule has 0 spiro atoms. The average molecular weight is 312 g/mol. The summed E-state index contributed by atoms with van der Waals surface area (Å²) in [4.78, 5) is 4.16. The molecule has 0 bridgehead atoms. The summed E-state index contributed by atoms with van der Waals surface area (Å²) < 4.78 is 24.9. The largest absolute Gasteiger partial charge is 0.271 e. The molecule has 118 valence electrons. The molecule has 0 saturated carbocycles. The standard InChI is InChI=1S/C14H24N4O2S/c1-11-5-6-16-9-13(11)14(17-15)8-12-4-3-7-18(10-12)21(2,19)20/h5-6,9,12,14,17H,3-4,7-8,10,15H2,1-2H3. The third-order valence-corrected chi connectivity index (χ3v) is 5.45. The first-order chi connectivity index (χ1) is 9.91. The van der Waals surface area contributed by atoms with Gasteiger partial charge in [0.2, 0.25) is 10.0 Å². The van der Waals surface area contributed by atoms with Crippen LogP contribution in [-0.2, 0) is 10.0 Å². The number of piperidine rings is 1. The van der Waals surface area contributed by atoms with Crippen LogP contribution < -0.4 is 11.3 Å². The Labute approximate surface area is 126 Å². The Morgan fingerprint density at radius 2 is 2.33 bits per heavy atom. The van der Waals surface area contributed by atoms with Crippen molar-refractivity contribution >= 4 is 10.0 Å². The second-order valence-corrected chi connectivity index (χ2v) is 7.80. The number of nitrogens with zero attached hydrogens (tertiary/aromatic N) is 2. The van der Waals surface area contributed by atoms with Crippen LogP contribution in [-0.4, -0.2) is 37.1 Å². The van der Waals surface area contributed by atoms with Gasteiger partial charge in [-0.2, -0.15) is 0 Å². The van der Waals surface area contributed by atoms with Crippen molar-refractivity contribution in [3.8, 4) is 0 Å². The van der Waals surface area contributed by atoms with Crippen LogP contribution in [0.5, 0.6) is 0 Å². The molecule has 0 aliphatic carbocycles. The van der Waals surface area contributed by atoms with Crippen LogP contribution in [0.1, 0.15) is 36.4 Å². The first kappa shape index (κ1) is 16.4. The van der Waals surface area contributed by atoms with Gasteiger partial charge < -0.3 is 0 Å². The lowest BCUT2D eigenvalue weighted by atomic mass is 9.89. The molecule has 1 saturated heterocycles. The molecule has 1 aliphatic heterocycles. The van der Waals surface area contributed by atoms with E-state index in [4.69, 9.17) is 5.84 Å². The summed E-state index contributed by atoms with van der Waals surface area (Å²) in [6.07, 6.45) is 7.62. The Bertz CT molecular complexity index is 576. The highest BCUT2D eigenvalue weighted by atomic mass is 32.2. The maximum atomic E-state index is 11.7. The van der Waals surface area contributed by atoms with E-state index in [0.29, 0.717) is 19.0 Å². The van der Waals surface area contributed by atoms with Crippen LogP contribution in [0.3, 0.4) is 0 Å². The van der Waals surface area contributed by atoms with E-state index in [-0.39, 0.29) is 6.04 Å². The molecule has 0 radical (unpaired) electrons. The Kier molecular flexibility index (Phi) is 5.32. The second kappa shape index (κ2) is 6.83. The molecule has 1 fully saturated rings. The van der Waals surface area contributed by atoms with Crippen molar-refractivity contribution in [1.29, 1.82) is 0 Å². The molecule has 1 aliphatic rings. The Hall–Kier alpha value is -1.02. The smallest absolute Gasteiger partial charge is 0.211 e. The predicted molar refractivity (Wildman–Crippen MR) is 82.8 cm³/mol.